The van der Waals surface area contributed by atoms with Crippen LogP contribution in [0.4, 0.5) is 4.39 Å². The van der Waals surface area contributed by atoms with Gasteiger partial charge in [-0.15, -0.1) is 11.3 Å². The molecule has 0 bridgehead atoms. The monoisotopic (exact) mass is 546 g/mol. The van der Waals surface area contributed by atoms with Gasteiger partial charge in [0.15, 0.2) is 5.13 Å². The highest BCUT2D eigenvalue weighted by Gasteiger charge is 2.13. The molecule has 4 aromatic heterocycles. The van der Waals surface area contributed by atoms with Crippen LogP contribution in [-0.2, 0) is 6.42 Å². The summed E-state index contributed by atoms with van der Waals surface area (Å²) in [5.41, 5.74) is 8.09. The summed E-state index contributed by atoms with van der Waals surface area (Å²) in [7, 11) is 0. The number of rotatable bonds is 9. The van der Waals surface area contributed by atoms with E-state index in [2.05, 4.69) is 82.7 Å². The Morgan fingerprint density at radius 3 is 2.67 bits per heavy atom. The predicted octanol–water partition coefficient (Wildman–Crippen LogP) is 7.65. The second-order valence-electron chi connectivity index (χ2n) is 9.57. The fraction of sp³-hybridized carbons (Fsp3) is 0.118. The summed E-state index contributed by atoms with van der Waals surface area (Å²) < 4.78 is 13.7. The SMILES string of the molecule is C=C\C(=C/C(=C\C)C(/C)=C/C=c1/[nH]nc(-c2cc3c(-c4ccc(F)s4)cncc3[nH]2)c1=C)CCc1ccccc1. The lowest BCUT2D eigenvalue weighted by Crippen LogP contribution is -2.21. The minimum absolute atomic E-state index is 0.219. The maximum absolute atomic E-state index is 13.7. The van der Waals surface area contributed by atoms with E-state index in [4.69, 9.17) is 0 Å². The molecular weight excluding hydrogens is 515 g/mol. The molecule has 0 saturated carbocycles. The molecule has 0 saturated heterocycles. The molecule has 1 aromatic carbocycles. The molecule has 0 unspecified atom stereocenters. The highest BCUT2D eigenvalue weighted by Crippen LogP contribution is 2.34. The normalized spacial score (nSPS) is 13.4. The molecule has 40 heavy (non-hydrogen) atoms. The third-order valence-electron chi connectivity index (χ3n) is 6.95. The van der Waals surface area contributed by atoms with Crippen molar-refractivity contribution in [1.82, 2.24) is 20.2 Å². The first kappa shape index (κ1) is 27.0. The van der Waals surface area contributed by atoms with E-state index in [1.807, 2.05) is 31.2 Å². The molecule has 4 nitrogen and oxygen atoms in total. The molecule has 6 heteroatoms. The number of aryl methyl sites for hydroxylation is 1. The molecule has 0 amide bonds. The first-order valence-corrected chi connectivity index (χ1v) is 14.0. The van der Waals surface area contributed by atoms with Crippen molar-refractivity contribution in [3.63, 3.8) is 0 Å². The number of fused-ring (bicyclic) bond motifs is 1. The van der Waals surface area contributed by atoms with Gasteiger partial charge in [0, 0.05) is 27.2 Å². The largest absolute Gasteiger partial charge is 0.352 e. The Labute approximate surface area is 237 Å². The summed E-state index contributed by atoms with van der Waals surface area (Å²) >= 11 is 1.11. The zero-order chi connectivity index (χ0) is 28.1. The van der Waals surface area contributed by atoms with Crippen LogP contribution >= 0.6 is 11.3 Å². The van der Waals surface area contributed by atoms with Gasteiger partial charge in [-0.25, -0.2) is 0 Å². The lowest BCUT2D eigenvalue weighted by atomic mass is 9.99. The minimum atomic E-state index is -0.219. The number of thiophene rings is 1. The second kappa shape index (κ2) is 12.1. The third-order valence-corrected chi connectivity index (χ3v) is 7.86. The molecule has 0 atom stereocenters. The van der Waals surface area contributed by atoms with E-state index in [0.717, 1.165) is 78.6 Å². The van der Waals surface area contributed by atoms with E-state index in [0.29, 0.717) is 0 Å². The summed E-state index contributed by atoms with van der Waals surface area (Å²) in [5.74, 6) is 0. The first-order chi connectivity index (χ1) is 19.5. The second-order valence-corrected chi connectivity index (χ2v) is 10.6. The van der Waals surface area contributed by atoms with Gasteiger partial charge in [0.05, 0.1) is 22.8 Å². The van der Waals surface area contributed by atoms with Gasteiger partial charge in [-0.3, -0.25) is 10.1 Å². The number of halogens is 1. The number of pyridine rings is 1. The lowest BCUT2D eigenvalue weighted by molar-refractivity contribution is 0.657. The van der Waals surface area contributed by atoms with Crippen molar-refractivity contribution in [3.8, 4) is 21.8 Å². The Hall–Kier alpha value is -4.55. The van der Waals surface area contributed by atoms with E-state index >= 15 is 0 Å². The molecular formula is C34H31FN4S. The molecule has 0 fully saturated rings. The third kappa shape index (κ3) is 5.87. The van der Waals surface area contributed by atoms with Gasteiger partial charge in [0.25, 0.3) is 0 Å². The highest BCUT2D eigenvalue weighted by molar-refractivity contribution is 7.14. The fourth-order valence-electron chi connectivity index (χ4n) is 4.67. The zero-order valence-electron chi connectivity index (χ0n) is 22.7. The van der Waals surface area contributed by atoms with Crippen LogP contribution in [0.2, 0.25) is 0 Å². The highest BCUT2D eigenvalue weighted by atomic mass is 32.1. The fourth-order valence-corrected chi connectivity index (χ4v) is 5.42. The number of nitrogens with one attached hydrogen (secondary N) is 2. The Balaban J connectivity index is 1.39. The summed E-state index contributed by atoms with van der Waals surface area (Å²) in [6.07, 6.45) is 15.8. The number of hydrogen-bond donors (Lipinski definition) is 2. The van der Waals surface area contributed by atoms with Crippen LogP contribution in [0.3, 0.4) is 0 Å². The van der Waals surface area contributed by atoms with Crippen LogP contribution in [0.25, 0.3) is 45.4 Å². The quantitative estimate of drug-likeness (QED) is 0.187. The zero-order valence-corrected chi connectivity index (χ0v) is 23.5. The van der Waals surface area contributed by atoms with E-state index in [1.165, 1.54) is 17.2 Å². The van der Waals surface area contributed by atoms with Crippen LogP contribution in [0.1, 0.15) is 25.8 Å². The van der Waals surface area contributed by atoms with Crippen LogP contribution in [0.5, 0.6) is 0 Å². The summed E-state index contributed by atoms with van der Waals surface area (Å²) in [6.45, 7) is 12.5. The van der Waals surface area contributed by atoms with Gasteiger partial charge < -0.3 is 4.98 Å². The molecule has 5 rings (SSSR count). The number of hydrogen-bond acceptors (Lipinski definition) is 3. The Morgan fingerprint density at radius 2 is 1.95 bits per heavy atom. The Kier molecular flexibility index (Phi) is 8.18. The van der Waals surface area contributed by atoms with Crippen LogP contribution < -0.4 is 10.6 Å². The van der Waals surface area contributed by atoms with Gasteiger partial charge in [-0.05, 0) is 73.2 Å². The standard InChI is InChI=1S/C34H31FN4S/c1-5-24(13-14-25-10-8-7-9-11-25)18-26(6-2)22(3)12-15-29-23(4)34(39-38-29)30-19-27-28(20-36-21-31(27)37-30)32-16-17-33(35)40-32/h5-12,15-21,37-38H,1,4,13-14H2,2-3H3/b22-12+,24-18+,26-6+,29-15+. The molecule has 5 aromatic rings. The summed E-state index contributed by atoms with van der Waals surface area (Å²) in [5, 5.41) is 10.0. The van der Waals surface area contributed by atoms with E-state index in [9.17, 15) is 4.39 Å². The molecule has 2 N–H and O–H groups in total. The predicted molar refractivity (Wildman–Crippen MR) is 167 cm³/mol. The van der Waals surface area contributed by atoms with Crippen molar-refractivity contribution >= 4 is 34.9 Å². The maximum Gasteiger partial charge on any atom is 0.176 e. The lowest BCUT2D eigenvalue weighted by Gasteiger charge is -2.06. The topological polar surface area (TPSA) is 57.4 Å². The number of aromatic amines is 2. The number of allylic oxidation sites excluding steroid dienone is 7. The maximum atomic E-state index is 13.7. The van der Waals surface area contributed by atoms with Crippen LogP contribution in [-0.4, -0.2) is 20.2 Å². The number of aromatic nitrogens is 4. The van der Waals surface area contributed by atoms with Gasteiger partial charge in [0.1, 0.15) is 5.69 Å². The molecule has 0 radical (unpaired) electrons. The van der Waals surface area contributed by atoms with Gasteiger partial charge in [-0.1, -0.05) is 67.8 Å². The van der Waals surface area contributed by atoms with Crippen LogP contribution in [0, 0.1) is 5.13 Å². The Morgan fingerprint density at radius 1 is 1.12 bits per heavy atom. The minimum Gasteiger partial charge on any atom is -0.352 e. The van der Waals surface area contributed by atoms with Crippen molar-refractivity contribution < 1.29 is 4.39 Å². The summed E-state index contributed by atoms with van der Waals surface area (Å²) in [6, 6.07) is 15.8. The van der Waals surface area contributed by atoms with Gasteiger partial charge in [0.2, 0.25) is 0 Å². The van der Waals surface area contributed by atoms with Crippen molar-refractivity contribution in [2.24, 2.45) is 0 Å². The van der Waals surface area contributed by atoms with Crippen LogP contribution in [0.15, 0.2) is 109 Å². The molecule has 0 aliphatic rings. The first-order valence-electron chi connectivity index (χ1n) is 13.1. The van der Waals surface area contributed by atoms with Crippen molar-refractivity contribution in [3.05, 3.63) is 130 Å². The van der Waals surface area contributed by atoms with Crippen molar-refractivity contribution in [2.75, 3.05) is 0 Å². The number of nitrogens with zero attached hydrogens (tertiary/aromatic N) is 2. The molecule has 200 valence electrons. The average molecular weight is 547 g/mol. The summed E-state index contributed by atoms with van der Waals surface area (Å²) in [4.78, 5) is 8.57. The van der Waals surface area contributed by atoms with E-state index < -0.39 is 0 Å². The average Bonchev–Trinajstić information content (AvgIpc) is 3.70. The smallest absolute Gasteiger partial charge is 0.176 e. The van der Waals surface area contributed by atoms with Gasteiger partial charge in [-0.2, -0.15) is 9.49 Å². The molecule has 0 aliphatic carbocycles. The molecule has 0 aliphatic heterocycles. The van der Waals surface area contributed by atoms with Crippen molar-refractivity contribution in [2.45, 2.75) is 26.7 Å². The molecule has 0 spiro atoms. The number of benzene rings is 1. The van der Waals surface area contributed by atoms with Crippen molar-refractivity contribution in [1.29, 1.82) is 0 Å². The van der Waals surface area contributed by atoms with E-state index in [1.54, 1.807) is 18.5 Å². The van der Waals surface area contributed by atoms with Gasteiger partial charge >= 0.3 is 0 Å². The van der Waals surface area contributed by atoms with E-state index in [-0.39, 0.29) is 5.13 Å². The molecule has 4 heterocycles. The number of H-pyrrole nitrogens is 2. The Bertz CT molecular complexity index is 1870.